The van der Waals surface area contributed by atoms with Crippen molar-refractivity contribution < 1.29 is 9.53 Å². The molecule has 2 rings (SSSR count). The summed E-state index contributed by atoms with van der Waals surface area (Å²) in [4.78, 5) is 14.3. The molecule has 20 heavy (non-hydrogen) atoms. The fourth-order valence-corrected chi connectivity index (χ4v) is 2.60. The van der Waals surface area contributed by atoms with E-state index in [0.29, 0.717) is 25.4 Å². The summed E-state index contributed by atoms with van der Waals surface area (Å²) in [6.07, 6.45) is 0. The third-order valence-electron chi connectivity index (χ3n) is 3.16. The maximum atomic E-state index is 12.3. The van der Waals surface area contributed by atoms with Crippen molar-refractivity contribution in [2.24, 2.45) is 0 Å². The number of carbonyl (C=O) groups is 1. The van der Waals surface area contributed by atoms with Crippen LogP contribution in [0.25, 0.3) is 0 Å². The second-order valence-electron chi connectivity index (χ2n) is 5.15. The lowest BCUT2D eigenvalue weighted by Crippen LogP contribution is -2.55. The molecule has 6 heteroatoms. The molecule has 1 amide bonds. The fraction of sp³-hybridized carbons (Fsp3) is 0.500. The molecule has 0 spiro atoms. The van der Waals surface area contributed by atoms with Crippen molar-refractivity contribution in [3.05, 3.63) is 22.7 Å². The quantitative estimate of drug-likeness (QED) is 0.822. The number of nitrogens with one attached hydrogen (secondary N) is 1. The minimum atomic E-state index is -0.345. The zero-order valence-corrected chi connectivity index (χ0v) is 13.3. The van der Waals surface area contributed by atoms with Gasteiger partial charge < -0.3 is 20.7 Å². The third-order valence-corrected chi connectivity index (χ3v) is 3.66. The first-order valence-corrected chi connectivity index (χ1v) is 7.48. The third kappa shape index (κ3) is 3.43. The molecule has 1 aromatic carbocycles. The van der Waals surface area contributed by atoms with Crippen LogP contribution in [-0.2, 0) is 9.53 Å². The van der Waals surface area contributed by atoms with Crippen LogP contribution < -0.4 is 16.0 Å². The Kier molecular flexibility index (Phi) is 4.88. The van der Waals surface area contributed by atoms with Gasteiger partial charge in [-0.1, -0.05) is 15.9 Å². The van der Waals surface area contributed by atoms with Crippen LogP contribution in [0.15, 0.2) is 22.7 Å². The van der Waals surface area contributed by atoms with Crippen molar-refractivity contribution in [2.75, 3.05) is 30.4 Å². The summed E-state index contributed by atoms with van der Waals surface area (Å²) >= 11 is 3.45. The summed E-state index contributed by atoms with van der Waals surface area (Å²) in [7, 11) is 0. The number of nitrogens with zero attached hydrogens (tertiary/aromatic N) is 1. The SMILES string of the molecule is CC(C)NC(=O)C1COCCN1c1cc(Br)ccc1N. The topological polar surface area (TPSA) is 67.6 Å². The standard InChI is InChI=1S/C14H20BrN3O2/c1-9(2)17-14(19)13-8-20-6-5-18(13)12-7-10(15)3-4-11(12)16/h3-4,7,9,13H,5-6,8,16H2,1-2H3,(H,17,19). The molecule has 0 bridgehead atoms. The Hall–Kier alpha value is -1.27. The van der Waals surface area contributed by atoms with Crippen LogP contribution in [0.1, 0.15) is 13.8 Å². The van der Waals surface area contributed by atoms with E-state index in [-0.39, 0.29) is 18.0 Å². The first-order chi connectivity index (χ1) is 9.49. The molecule has 0 aliphatic carbocycles. The number of nitrogen functional groups attached to an aromatic ring is 1. The number of ether oxygens (including phenoxy) is 1. The molecule has 0 aromatic heterocycles. The zero-order chi connectivity index (χ0) is 14.7. The number of benzene rings is 1. The molecule has 0 radical (unpaired) electrons. The van der Waals surface area contributed by atoms with Gasteiger partial charge in [0.25, 0.3) is 0 Å². The maximum absolute atomic E-state index is 12.3. The first-order valence-electron chi connectivity index (χ1n) is 6.69. The van der Waals surface area contributed by atoms with Gasteiger partial charge in [0.1, 0.15) is 6.04 Å². The molecule has 1 saturated heterocycles. The average Bonchev–Trinajstić information content (AvgIpc) is 2.41. The number of hydrogen-bond acceptors (Lipinski definition) is 4. The van der Waals surface area contributed by atoms with Gasteiger partial charge in [0.05, 0.1) is 24.6 Å². The summed E-state index contributed by atoms with van der Waals surface area (Å²) in [5, 5.41) is 2.93. The molecule has 1 unspecified atom stereocenters. The van der Waals surface area contributed by atoms with Crippen molar-refractivity contribution in [3.63, 3.8) is 0 Å². The molecule has 1 fully saturated rings. The molecular weight excluding hydrogens is 322 g/mol. The second kappa shape index (κ2) is 6.45. The smallest absolute Gasteiger partial charge is 0.245 e. The number of halogens is 1. The molecule has 1 atom stereocenters. The highest BCUT2D eigenvalue weighted by Gasteiger charge is 2.30. The van der Waals surface area contributed by atoms with Gasteiger partial charge in [0.15, 0.2) is 0 Å². The predicted octanol–water partition coefficient (Wildman–Crippen LogP) is 1.76. The van der Waals surface area contributed by atoms with Gasteiger partial charge >= 0.3 is 0 Å². The second-order valence-corrected chi connectivity index (χ2v) is 6.07. The Morgan fingerprint density at radius 3 is 3.00 bits per heavy atom. The number of amides is 1. The highest BCUT2D eigenvalue weighted by Crippen LogP contribution is 2.29. The monoisotopic (exact) mass is 341 g/mol. The maximum Gasteiger partial charge on any atom is 0.245 e. The van der Waals surface area contributed by atoms with Crippen LogP contribution in [0.2, 0.25) is 0 Å². The van der Waals surface area contributed by atoms with Gasteiger partial charge in [-0.2, -0.15) is 0 Å². The van der Waals surface area contributed by atoms with E-state index in [9.17, 15) is 4.79 Å². The van der Waals surface area contributed by atoms with E-state index in [2.05, 4.69) is 21.2 Å². The van der Waals surface area contributed by atoms with E-state index in [1.807, 2.05) is 36.9 Å². The molecule has 110 valence electrons. The van der Waals surface area contributed by atoms with Gasteiger partial charge in [-0.05, 0) is 32.0 Å². The summed E-state index contributed by atoms with van der Waals surface area (Å²) in [5.74, 6) is -0.0286. The highest BCUT2D eigenvalue weighted by molar-refractivity contribution is 9.10. The van der Waals surface area contributed by atoms with Crippen LogP contribution in [0.5, 0.6) is 0 Å². The lowest BCUT2D eigenvalue weighted by molar-refractivity contribution is -0.125. The zero-order valence-electron chi connectivity index (χ0n) is 11.7. The van der Waals surface area contributed by atoms with Crippen LogP contribution >= 0.6 is 15.9 Å². The Labute approximate surface area is 127 Å². The number of morpholine rings is 1. The van der Waals surface area contributed by atoms with E-state index in [1.54, 1.807) is 0 Å². The Morgan fingerprint density at radius 1 is 1.55 bits per heavy atom. The van der Waals surface area contributed by atoms with Crippen molar-refractivity contribution in [3.8, 4) is 0 Å². The Balaban J connectivity index is 2.26. The molecule has 3 N–H and O–H groups in total. The van der Waals surface area contributed by atoms with Gasteiger partial charge in [0, 0.05) is 17.1 Å². The molecule has 1 aromatic rings. The molecule has 0 saturated carbocycles. The van der Waals surface area contributed by atoms with Crippen molar-refractivity contribution in [1.29, 1.82) is 0 Å². The first kappa shape index (κ1) is 15.1. The number of rotatable bonds is 3. The summed E-state index contributed by atoms with van der Waals surface area (Å²) in [5.41, 5.74) is 7.58. The van der Waals surface area contributed by atoms with E-state index >= 15 is 0 Å². The highest BCUT2D eigenvalue weighted by atomic mass is 79.9. The number of carbonyl (C=O) groups excluding carboxylic acids is 1. The minimum absolute atomic E-state index is 0.0286. The van der Waals surface area contributed by atoms with Gasteiger partial charge in [-0.25, -0.2) is 0 Å². The molecule has 1 aliphatic rings. The van der Waals surface area contributed by atoms with Crippen molar-refractivity contribution in [2.45, 2.75) is 25.9 Å². The average molecular weight is 342 g/mol. The van der Waals surface area contributed by atoms with E-state index in [0.717, 1.165) is 10.2 Å². The Morgan fingerprint density at radius 2 is 2.30 bits per heavy atom. The van der Waals surface area contributed by atoms with Crippen LogP contribution in [-0.4, -0.2) is 37.7 Å². The minimum Gasteiger partial charge on any atom is -0.397 e. The van der Waals surface area contributed by atoms with Gasteiger partial charge in [-0.15, -0.1) is 0 Å². The van der Waals surface area contributed by atoms with Gasteiger partial charge in [0.2, 0.25) is 5.91 Å². The van der Waals surface area contributed by atoms with Crippen molar-refractivity contribution >= 4 is 33.2 Å². The lowest BCUT2D eigenvalue weighted by atomic mass is 10.1. The molecule has 1 aliphatic heterocycles. The number of nitrogens with two attached hydrogens (primary N) is 1. The molecule has 1 heterocycles. The fourth-order valence-electron chi connectivity index (χ4n) is 2.26. The molecular formula is C14H20BrN3O2. The van der Waals surface area contributed by atoms with E-state index in [4.69, 9.17) is 10.5 Å². The van der Waals surface area contributed by atoms with Crippen molar-refractivity contribution in [1.82, 2.24) is 5.32 Å². The normalized spacial score (nSPS) is 19.2. The van der Waals surface area contributed by atoms with Crippen LogP contribution in [0.3, 0.4) is 0 Å². The van der Waals surface area contributed by atoms with Crippen LogP contribution in [0.4, 0.5) is 11.4 Å². The summed E-state index contributed by atoms with van der Waals surface area (Å²) < 4.78 is 6.39. The number of anilines is 2. The largest absolute Gasteiger partial charge is 0.397 e. The lowest BCUT2D eigenvalue weighted by Gasteiger charge is -2.37. The summed E-state index contributed by atoms with van der Waals surface area (Å²) in [6.45, 7) is 5.51. The van der Waals surface area contributed by atoms with E-state index in [1.165, 1.54) is 0 Å². The summed E-state index contributed by atoms with van der Waals surface area (Å²) in [6, 6.07) is 5.43. The van der Waals surface area contributed by atoms with Gasteiger partial charge in [-0.3, -0.25) is 4.79 Å². The van der Waals surface area contributed by atoms with Crippen LogP contribution in [0, 0.1) is 0 Å². The number of hydrogen-bond donors (Lipinski definition) is 2. The molecule has 5 nitrogen and oxygen atoms in total. The van der Waals surface area contributed by atoms with E-state index < -0.39 is 0 Å². The predicted molar refractivity (Wildman–Crippen MR) is 83.8 cm³/mol. The Bertz CT molecular complexity index is 493.